The van der Waals surface area contributed by atoms with E-state index in [0.717, 1.165) is 24.9 Å². The van der Waals surface area contributed by atoms with Crippen LogP contribution in [0.25, 0.3) is 0 Å². The Morgan fingerprint density at radius 3 is 2.42 bits per heavy atom. The van der Waals surface area contributed by atoms with Crippen LogP contribution in [0.4, 0.5) is 14.5 Å². The van der Waals surface area contributed by atoms with E-state index in [-0.39, 0.29) is 30.6 Å². The number of alkyl halides is 2. The number of nitrogens with zero attached hydrogens (tertiary/aromatic N) is 1. The van der Waals surface area contributed by atoms with Crippen LogP contribution in [0.2, 0.25) is 0 Å². The van der Waals surface area contributed by atoms with E-state index in [4.69, 9.17) is 4.74 Å². The number of hydrogen-bond acceptors (Lipinski definition) is 3. The van der Waals surface area contributed by atoms with Gasteiger partial charge in [-0.2, -0.15) is 0 Å². The molecule has 0 amide bonds. The first-order chi connectivity index (χ1) is 12.3. The molecule has 0 unspecified atom stereocenters. The summed E-state index contributed by atoms with van der Waals surface area (Å²) < 4.78 is 33.0. The largest absolute Gasteiger partial charge is 0.490 e. The van der Waals surface area contributed by atoms with Crippen LogP contribution in [0.3, 0.4) is 0 Å². The highest BCUT2D eigenvalue weighted by atomic mass is 19.3. The lowest BCUT2D eigenvalue weighted by molar-refractivity contribution is -0.0380. The zero-order valence-corrected chi connectivity index (χ0v) is 15.4. The van der Waals surface area contributed by atoms with Crippen molar-refractivity contribution in [3.63, 3.8) is 0 Å². The third-order valence-corrected chi connectivity index (χ3v) is 5.72. The van der Waals surface area contributed by atoms with Crippen molar-refractivity contribution < 1.29 is 23.4 Å². The van der Waals surface area contributed by atoms with Crippen LogP contribution in [0.1, 0.15) is 67.8 Å². The van der Waals surface area contributed by atoms with Crippen LogP contribution in [-0.2, 0) is 0 Å². The molecule has 2 aliphatic carbocycles. The SMILES string of the molecule is CCN(c1cc(OC2CCC2)cc(C(=O)O)c1C)C1CCC(F)(F)CC1. The van der Waals surface area contributed by atoms with Gasteiger partial charge < -0.3 is 14.7 Å². The summed E-state index contributed by atoms with van der Waals surface area (Å²) in [5.74, 6) is -3.01. The van der Waals surface area contributed by atoms with Crippen molar-refractivity contribution in [2.45, 2.75) is 76.9 Å². The fourth-order valence-corrected chi connectivity index (χ4v) is 3.90. The van der Waals surface area contributed by atoms with Crippen LogP contribution >= 0.6 is 0 Å². The second-order valence-corrected chi connectivity index (χ2v) is 7.46. The minimum absolute atomic E-state index is 0.000998. The molecule has 3 rings (SSSR count). The molecule has 6 heteroatoms. The zero-order valence-electron chi connectivity index (χ0n) is 15.4. The van der Waals surface area contributed by atoms with Crippen LogP contribution in [-0.4, -0.2) is 35.7 Å². The van der Waals surface area contributed by atoms with Crippen molar-refractivity contribution in [2.24, 2.45) is 0 Å². The lowest BCUT2D eigenvalue weighted by Crippen LogP contribution is -2.41. The third-order valence-electron chi connectivity index (χ3n) is 5.72. The van der Waals surface area contributed by atoms with E-state index in [2.05, 4.69) is 4.90 Å². The summed E-state index contributed by atoms with van der Waals surface area (Å²) in [6, 6.07) is 3.47. The molecule has 0 bridgehead atoms. The van der Waals surface area contributed by atoms with Gasteiger partial charge in [0.1, 0.15) is 5.75 Å². The van der Waals surface area contributed by atoms with Crippen LogP contribution < -0.4 is 9.64 Å². The quantitative estimate of drug-likeness (QED) is 0.766. The lowest BCUT2D eigenvalue weighted by Gasteiger charge is -2.39. The number of carboxylic acid groups (broad SMARTS) is 1. The Morgan fingerprint density at radius 2 is 1.92 bits per heavy atom. The van der Waals surface area contributed by atoms with E-state index in [0.29, 0.717) is 30.7 Å². The number of rotatable bonds is 6. The number of hydrogen-bond donors (Lipinski definition) is 1. The molecule has 2 aliphatic rings. The van der Waals surface area contributed by atoms with E-state index in [1.165, 1.54) is 0 Å². The fourth-order valence-electron chi connectivity index (χ4n) is 3.90. The number of carbonyl (C=O) groups is 1. The minimum atomic E-state index is -2.58. The number of carboxylic acids is 1. The standard InChI is InChI=1S/C20H27F2NO3/c1-3-23(14-7-9-20(21,22)10-8-14)18-12-16(26-15-5-4-6-15)11-17(13(18)2)19(24)25/h11-12,14-15H,3-10H2,1-2H3,(H,24,25). The van der Waals surface area contributed by atoms with E-state index in [1.54, 1.807) is 13.0 Å². The second kappa shape index (κ2) is 7.41. The molecule has 1 N–H and O–H groups in total. The number of ether oxygens (including phenoxy) is 1. The Morgan fingerprint density at radius 1 is 1.27 bits per heavy atom. The summed E-state index contributed by atoms with van der Waals surface area (Å²) >= 11 is 0. The predicted octanol–water partition coefficient (Wildman–Crippen LogP) is 5.03. The second-order valence-electron chi connectivity index (χ2n) is 7.46. The van der Waals surface area contributed by atoms with E-state index < -0.39 is 11.9 Å². The Balaban J connectivity index is 1.91. The maximum atomic E-state index is 13.5. The van der Waals surface area contributed by atoms with Gasteiger partial charge in [-0.3, -0.25) is 0 Å². The normalized spacial score (nSPS) is 20.5. The van der Waals surface area contributed by atoms with Gasteiger partial charge >= 0.3 is 5.97 Å². The van der Waals surface area contributed by atoms with Gasteiger partial charge in [0.25, 0.3) is 0 Å². The highest BCUT2D eigenvalue weighted by molar-refractivity contribution is 5.92. The molecule has 26 heavy (non-hydrogen) atoms. The maximum Gasteiger partial charge on any atom is 0.336 e. The minimum Gasteiger partial charge on any atom is -0.490 e. The molecule has 1 aromatic carbocycles. The molecule has 0 atom stereocenters. The molecule has 144 valence electrons. The first-order valence-electron chi connectivity index (χ1n) is 9.50. The van der Waals surface area contributed by atoms with Gasteiger partial charge in [0.05, 0.1) is 11.7 Å². The summed E-state index contributed by atoms with van der Waals surface area (Å²) in [6.45, 7) is 4.40. The average molecular weight is 367 g/mol. The smallest absolute Gasteiger partial charge is 0.336 e. The number of halogens is 2. The summed E-state index contributed by atoms with van der Waals surface area (Å²) in [7, 11) is 0. The lowest BCUT2D eigenvalue weighted by atomic mass is 9.90. The molecule has 2 fully saturated rings. The summed E-state index contributed by atoms with van der Waals surface area (Å²) in [6.07, 6.45) is 3.85. The van der Waals surface area contributed by atoms with Crippen molar-refractivity contribution in [1.82, 2.24) is 0 Å². The highest BCUT2D eigenvalue weighted by Crippen LogP contribution is 2.39. The Hall–Kier alpha value is -1.85. The van der Waals surface area contributed by atoms with Gasteiger partial charge in [-0.05, 0) is 57.6 Å². The van der Waals surface area contributed by atoms with Gasteiger partial charge in [0.2, 0.25) is 5.92 Å². The van der Waals surface area contributed by atoms with Crippen molar-refractivity contribution in [3.05, 3.63) is 23.3 Å². The molecule has 0 radical (unpaired) electrons. The molecular weight excluding hydrogens is 340 g/mol. The Labute approximate surface area is 153 Å². The van der Waals surface area contributed by atoms with Crippen LogP contribution in [0.15, 0.2) is 12.1 Å². The summed E-state index contributed by atoms with van der Waals surface area (Å²) in [5.41, 5.74) is 1.67. The van der Waals surface area contributed by atoms with Gasteiger partial charge in [-0.15, -0.1) is 0 Å². The molecule has 0 aliphatic heterocycles. The topological polar surface area (TPSA) is 49.8 Å². The average Bonchev–Trinajstić information content (AvgIpc) is 2.55. The monoisotopic (exact) mass is 367 g/mol. The van der Waals surface area contributed by atoms with Crippen molar-refractivity contribution in [2.75, 3.05) is 11.4 Å². The van der Waals surface area contributed by atoms with Crippen molar-refractivity contribution in [3.8, 4) is 5.75 Å². The van der Waals surface area contributed by atoms with Gasteiger partial charge in [-0.25, -0.2) is 13.6 Å². The van der Waals surface area contributed by atoms with E-state index in [1.807, 2.05) is 13.0 Å². The zero-order chi connectivity index (χ0) is 18.9. The number of aromatic carboxylic acids is 1. The molecular formula is C20H27F2NO3. The van der Waals surface area contributed by atoms with Crippen LogP contribution in [0.5, 0.6) is 5.75 Å². The Kier molecular flexibility index (Phi) is 5.39. The molecule has 1 aromatic rings. The molecule has 4 nitrogen and oxygen atoms in total. The van der Waals surface area contributed by atoms with Gasteiger partial charge in [0, 0.05) is 37.2 Å². The first kappa shape index (κ1) is 18.9. The third kappa shape index (κ3) is 3.94. The molecule has 0 saturated heterocycles. The maximum absolute atomic E-state index is 13.5. The Bertz CT molecular complexity index is 663. The first-order valence-corrected chi connectivity index (χ1v) is 9.50. The molecule has 0 heterocycles. The highest BCUT2D eigenvalue weighted by Gasteiger charge is 2.37. The number of anilines is 1. The fraction of sp³-hybridized carbons (Fsp3) is 0.650. The number of benzene rings is 1. The summed E-state index contributed by atoms with van der Waals surface area (Å²) in [5, 5.41) is 9.58. The van der Waals surface area contributed by atoms with Crippen molar-refractivity contribution in [1.29, 1.82) is 0 Å². The van der Waals surface area contributed by atoms with Crippen LogP contribution in [0, 0.1) is 6.92 Å². The van der Waals surface area contributed by atoms with E-state index in [9.17, 15) is 18.7 Å². The molecule has 2 saturated carbocycles. The summed E-state index contributed by atoms with van der Waals surface area (Å²) in [4.78, 5) is 13.8. The van der Waals surface area contributed by atoms with Crippen molar-refractivity contribution >= 4 is 11.7 Å². The van der Waals surface area contributed by atoms with Gasteiger partial charge in [0.15, 0.2) is 0 Å². The molecule has 0 spiro atoms. The molecule has 0 aromatic heterocycles. The predicted molar refractivity (Wildman–Crippen MR) is 96.6 cm³/mol. The van der Waals surface area contributed by atoms with Gasteiger partial charge in [-0.1, -0.05) is 0 Å². The van der Waals surface area contributed by atoms with E-state index >= 15 is 0 Å².